The molecule has 2 aliphatic rings. The molecule has 0 saturated heterocycles. The van der Waals surface area contributed by atoms with E-state index >= 15 is 0 Å². The number of rotatable bonds is 14. The zero-order chi connectivity index (χ0) is 53.9. The summed E-state index contributed by atoms with van der Waals surface area (Å²) < 4.78 is 6.32. The predicted octanol–water partition coefficient (Wildman–Crippen LogP) is 10.00. The van der Waals surface area contributed by atoms with Crippen molar-refractivity contribution in [2.45, 2.75) is 23.7 Å². The maximum atomic E-state index is 14.8. The number of Topliss-reactive ketones (excluding diaryl/α,β-unsaturated/α-hetero) is 4. The van der Waals surface area contributed by atoms with Gasteiger partial charge in [-0.1, -0.05) is 42.5 Å². The molecule has 0 radical (unpaired) electrons. The minimum atomic E-state index is -1.26. The molecule has 0 aliphatic heterocycles. The molecule has 16 nitrogen and oxygen atoms in total. The molecule has 2 saturated carbocycles. The first-order chi connectivity index (χ1) is 36.4. The molecule has 0 amide bonds. The van der Waals surface area contributed by atoms with Crippen molar-refractivity contribution in [1.82, 2.24) is 0 Å². The Kier molecular flexibility index (Phi) is 12.7. The van der Waals surface area contributed by atoms with E-state index in [0.29, 0.717) is 22.3 Å². The predicted molar refractivity (Wildman–Crippen MR) is 272 cm³/mol. The number of carbonyl (C=O) groups is 4. The van der Waals surface area contributed by atoms with Gasteiger partial charge in [0.1, 0.15) is 63.2 Å². The average molecular weight is 1020 g/mol. The van der Waals surface area contributed by atoms with Crippen LogP contribution in [0, 0.1) is 23.7 Å². The summed E-state index contributed by atoms with van der Waals surface area (Å²) in [5.41, 5.74) is 1.19. The van der Waals surface area contributed by atoms with Gasteiger partial charge in [0.25, 0.3) is 0 Å². The second-order valence-corrected chi connectivity index (χ2v) is 19.1. The Morgan fingerprint density at radius 2 is 0.539 bits per heavy atom. The highest BCUT2D eigenvalue weighted by Gasteiger charge is 2.60. The zero-order valence-corrected chi connectivity index (χ0v) is 39.7. The minimum absolute atomic E-state index is 0.0660. The molecule has 382 valence electrons. The summed E-state index contributed by atoms with van der Waals surface area (Å²) in [5, 5.41) is 116. The first-order valence-corrected chi connectivity index (χ1v) is 23.8. The van der Waals surface area contributed by atoms with Gasteiger partial charge in [-0.25, -0.2) is 0 Å². The van der Waals surface area contributed by atoms with Crippen LogP contribution >= 0.6 is 0 Å². The second kappa shape index (κ2) is 19.5. The zero-order valence-electron chi connectivity index (χ0n) is 39.7. The SMILES string of the molecule is O=C(c1ccc(O)cc1O)[C@H]1[C@H](C(=O)c2ccc(O)cc2O)[C@@H](c2ccc(Oc3cc([C@@H]4[C@@H](C(=O)c5ccc(O)cc5O)[C@H](C(=O)c5ccc(O)cc5O)[C@H]4c4ccc(O)cc4)ccc3O)cc2)[C@@H]1c1ccc(O)cc1. The molecule has 0 bridgehead atoms. The van der Waals surface area contributed by atoms with E-state index in [0.717, 1.165) is 24.3 Å². The Hall–Kier alpha value is -9.96. The fraction of sp³-hybridized carbons (Fsp3) is 0.133. The van der Waals surface area contributed by atoms with Crippen LogP contribution in [-0.2, 0) is 0 Å². The standard InChI is InChI=1S/C60H46O16/c61-32-8-1-28(2-9-32)49-50(54(58(73)40-19-13-35(64)25-45(40)69)53(49)57(72)39-18-12-34(63)24-44(39)68)30-5-16-38(17-6-30)76-48-23-31(7-22-43(48)67)52-51(29-3-10-33(62)11-4-29)55(59(74)41-20-14-36(65)26-46(41)70)56(52)60(75)42-21-15-37(66)27-47(42)71/h1-27,49-56,61-71H/t49-,50-,51-,52-,53+,54+,55+,56+/m0/s1. The van der Waals surface area contributed by atoms with Gasteiger partial charge in [0.05, 0.1) is 22.3 Å². The number of aromatic hydroxyl groups is 11. The number of carbonyl (C=O) groups excluding carboxylic acids is 4. The molecule has 0 heterocycles. The molecule has 10 rings (SSSR count). The van der Waals surface area contributed by atoms with Crippen LogP contribution in [-0.4, -0.2) is 79.3 Å². The summed E-state index contributed by atoms with van der Waals surface area (Å²) in [6.45, 7) is 0. The molecule has 2 fully saturated rings. The number of hydrogen-bond acceptors (Lipinski definition) is 16. The van der Waals surface area contributed by atoms with Crippen LogP contribution in [0.15, 0.2) is 164 Å². The number of ketones is 4. The average Bonchev–Trinajstić information content (AvgIpc) is 3.39. The molecule has 8 atom stereocenters. The Morgan fingerprint density at radius 1 is 0.276 bits per heavy atom. The Labute approximate surface area is 432 Å². The lowest BCUT2D eigenvalue weighted by Crippen LogP contribution is -2.51. The lowest BCUT2D eigenvalue weighted by molar-refractivity contribution is 0.0452. The second-order valence-electron chi connectivity index (χ2n) is 19.1. The van der Waals surface area contributed by atoms with E-state index in [1.165, 1.54) is 91.0 Å². The third-order valence-corrected chi connectivity index (χ3v) is 14.7. The van der Waals surface area contributed by atoms with Crippen molar-refractivity contribution in [1.29, 1.82) is 0 Å². The van der Waals surface area contributed by atoms with Gasteiger partial charge in [0, 0.05) is 71.6 Å². The van der Waals surface area contributed by atoms with Crippen LogP contribution in [0.4, 0.5) is 0 Å². The van der Waals surface area contributed by atoms with E-state index < -0.39 is 93.5 Å². The summed E-state index contributed by atoms with van der Waals surface area (Å²) in [6, 6.07) is 36.5. The highest BCUT2D eigenvalue weighted by atomic mass is 16.5. The van der Waals surface area contributed by atoms with Crippen molar-refractivity contribution in [3.05, 3.63) is 208 Å². The number of hydrogen-bond donors (Lipinski definition) is 11. The fourth-order valence-corrected chi connectivity index (χ4v) is 11.2. The van der Waals surface area contributed by atoms with Gasteiger partial charge >= 0.3 is 0 Å². The van der Waals surface area contributed by atoms with Gasteiger partial charge in [-0.15, -0.1) is 0 Å². The van der Waals surface area contributed by atoms with E-state index in [4.69, 9.17) is 4.74 Å². The molecule has 0 spiro atoms. The van der Waals surface area contributed by atoms with Gasteiger partial charge in [0.2, 0.25) is 0 Å². The number of benzene rings is 8. The quantitative estimate of drug-likeness (QED) is 0.0452. The molecule has 8 aromatic carbocycles. The Morgan fingerprint density at radius 3 is 0.842 bits per heavy atom. The van der Waals surface area contributed by atoms with Crippen molar-refractivity contribution in [2.75, 3.05) is 0 Å². The maximum Gasteiger partial charge on any atom is 0.171 e. The van der Waals surface area contributed by atoms with Crippen molar-refractivity contribution in [2.24, 2.45) is 23.7 Å². The molecule has 0 aromatic heterocycles. The summed E-state index contributed by atoms with van der Waals surface area (Å²) in [7, 11) is 0. The number of ether oxygens (including phenoxy) is 1. The lowest BCUT2D eigenvalue weighted by Gasteiger charge is -2.51. The van der Waals surface area contributed by atoms with Gasteiger partial charge in [-0.05, 0) is 119 Å². The Balaban J connectivity index is 1.03. The molecule has 0 unspecified atom stereocenters. The third-order valence-electron chi connectivity index (χ3n) is 14.7. The monoisotopic (exact) mass is 1020 g/mol. The van der Waals surface area contributed by atoms with E-state index in [9.17, 15) is 75.3 Å². The lowest BCUT2D eigenvalue weighted by atomic mass is 9.49. The van der Waals surface area contributed by atoms with Crippen LogP contribution in [0.2, 0.25) is 0 Å². The molecule has 11 N–H and O–H groups in total. The van der Waals surface area contributed by atoms with E-state index in [2.05, 4.69) is 0 Å². The minimum Gasteiger partial charge on any atom is -0.508 e. The van der Waals surface area contributed by atoms with Crippen molar-refractivity contribution >= 4 is 23.1 Å². The summed E-state index contributed by atoms with van der Waals surface area (Å²) in [6.07, 6.45) is 0. The summed E-state index contributed by atoms with van der Waals surface area (Å²) in [5.74, 6) is -14.7. The summed E-state index contributed by atoms with van der Waals surface area (Å²) >= 11 is 0. The fourth-order valence-electron chi connectivity index (χ4n) is 11.2. The van der Waals surface area contributed by atoms with E-state index in [1.54, 1.807) is 48.5 Å². The number of phenolic OH excluding ortho intramolecular Hbond substituents is 11. The van der Waals surface area contributed by atoms with E-state index in [-0.39, 0.29) is 74.0 Å². The normalized spacial score (nSPS) is 20.6. The number of phenols is 11. The molecule has 8 aromatic rings. The first kappa shape index (κ1) is 49.6. The van der Waals surface area contributed by atoms with Gasteiger partial charge in [-0.2, -0.15) is 0 Å². The highest BCUT2D eigenvalue weighted by Crippen LogP contribution is 2.63. The van der Waals surface area contributed by atoms with Gasteiger partial charge in [0.15, 0.2) is 34.6 Å². The first-order valence-electron chi connectivity index (χ1n) is 23.8. The van der Waals surface area contributed by atoms with Crippen LogP contribution in [0.3, 0.4) is 0 Å². The molecule has 16 heteroatoms. The summed E-state index contributed by atoms with van der Waals surface area (Å²) in [4.78, 5) is 58.7. The van der Waals surface area contributed by atoms with Gasteiger partial charge < -0.3 is 60.9 Å². The van der Waals surface area contributed by atoms with Crippen molar-refractivity contribution < 1.29 is 80.1 Å². The van der Waals surface area contributed by atoms with Crippen molar-refractivity contribution in [3.63, 3.8) is 0 Å². The largest absolute Gasteiger partial charge is 0.508 e. The van der Waals surface area contributed by atoms with Crippen molar-refractivity contribution in [3.8, 4) is 74.7 Å². The van der Waals surface area contributed by atoms with Crippen LogP contribution in [0.1, 0.15) is 87.4 Å². The van der Waals surface area contributed by atoms with Crippen LogP contribution in [0.5, 0.6) is 74.7 Å². The van der Waals surface area contributed by atoms with Gasteiger partial charge in [-0.3, -0.25) is 19.2 Å². The maximum absolute atomic E-state index is 14.8. The Bertz CT molecular complexity index is 3610. The van der Waals surface area contributed by atoms with Crippen LogP contribution in [0.25, 0.3) is 0 Å². The third kappa shape index (κ3) is 8.91. The molecular weight excluding hydrogens is 977 g/mol. The highest BCUT2D eigenvalue weighted by molar-refractivity contribution is 6.11. The van der Waals surface area contributed by atoms with Crippen LogP contribution < -0.4 is 4.74 Å². The smallest absolute Gasteiger partial charge is 0.171 e. The van der Waals surface area contributed by atoms with E-state index in [1.807, 2.05) is 0 Å². The molecule has 2 aliphatic carbocycles. The molecular formula is C60H46O16. The molecule has 76 heavy (non-hydrogen) atoms. The topological polar surface area (TPSA) is 300 Å².